The van der Waals surface area contributed by atoms with Crippen molar-refractivity contribution in [2.75, 3.05) is 18.4 Å². The summed E-state index contributed by atoms with van der Waals surface area (Å²) in [6, 6.07) is 18.6. The van der Waals surface area contributed by atoms with Crippen LogP contribution in [-0.2, 0) is 10.0 Å². The van der Waals surface area contributed by atoms with Gasteiger partial charge in [0.25, 0.3) is 5.78 Å². The average Bonchev–Trinajstić information content (AvgIpc) is 3.30. The van der Waals surface area contributed by atoms with E-state index in [1.54, 1.807) is 33.1 Å². The van der Waals surface area contributed by atoms with Gasteiger partial charge in [-0.25, -0.2) is 13.4 Å². The van der Waals surface area contributed by atoms with Crippen LogP contribution >= 0.6 is 0 Å². The first kappa shape index (κ1) is 19.7. The summed E-state index contributed by atoms with van der Waals surface area (Å²) in [4.78, 5) is 9.10. The predicted octanol–water partition coefficient (Wildman–Crippen LogP) is 3.71. The van der Waals surface area contributed by atoms with Crippen molar-refractivity contribution in [1.82, 2.24) is 23.9 Å². The van der Waals surface area contributed by atoms with Crippen molar-refractivity contribution in [1.29, 1.82) is 0 Å². The van der Waals surface area contributed by atoms with E-state index in [4.69, 9.17) is 0 Å². The second-order valence-electron chi connectivity index (χ2n) is 7.48. The zero-order chi connectivity index (χ0) is 21.3. The van der Waals surface area contributed by atoms with Gasteiger partial charge < -0.3 is 5.32 Å². The zero-order valence-electron chi connectivity index (χ0n) is 16.8. The lowest BCUT2D eigenvalue weighted by Gasteiger charge is -2.25. The molecule has 31 heavy (non-hydrogen) atoms. The SMILES string of the molecule is O=S(=O)(c1ccc(Nc2cc(-c3ccccc3)nc3ncnn23)cc1)N1CCCCC1. The molecule has 5 rings (SSSR count). The maximum atomic E-state index is 12.9. The molecule has 0 spiro atoms. The molecule has 1 fully saturated rings. The first-order valence-electron chi connectivity index (χ1n) is 10.2. The number of sulfonamides is 1. The van der Waals surface area contributed by atoms with Crippen LogP contribution in [0, 0.1) is 0 Å². The number of hydrogen-bond acceptors (Lipinski definition) is 6. The van der Waals surface area contributed by atoms with Gasteiger partial charge in [0, 0.05) is 30.4 Å². The minimum absolute atomic E-state index is 0.311. The van der Waals surface area contributed by atoms with E-state index in [2.05, 4.69) is 20.4 Å². The van der Waals surface area contributed by atoms with Crippen LogP contribution in [-0.4, -0.2) is 45.4 Å². The Morgan fingerprint density at radius 1 is 0.903 bits per heavy atom. The van der Waals surface area contributed by atoms with Gasteiger partial charge in [-0.05, 0) is 37.1 Å². The molecule has 1 aliphatic heterocycles. The number of aromatic nitrogens is 4. The number of nitrogens with zero attached hydrogens (tertiary/aromatic N) is 5. The van der Waals surface area contributed by atoms with Crippen LogP contribution in [0.4, 0.5) is 11.5 Å². The molecule has 0 radical (unpaired) electrons. The van der Waals surface area contributed by atoms with Gasteiger partial charge in [-0.1, -0.05) is 36.8 Å². The summed E-state index contributed by atoms with van der Waals surface area (Å²) in [7, 11) is -3.45. The molecule has 1 aliphatic rings. The van der Waals surface area contributed by atoms with Crippen molar-refractivity contribution in [2.24, 2.45) is 0 Å². The van der Waals surface area contributed by atoms with Gasteiger partial charge in [-0.2, -0.15) is 18.9 Å². The summed E-state index contributed by atoms with van der Waals surface area (Å²) in [6.45, 7) is 1.18. The molecular weight excluding hydrogens is 412 g/mol. The van der Waals surface area contributed by atoms with E-state index in [1.165, 1.54) is 6.33 Å². The highest BCUT2D eigenvalue weighted by Crippen LogP contribution is 2.26. The number of piperidine rings is 1. The fraction of sp³-hybridized carbons (Fsp3) is 0.227. The number of benzene rings is 2. The van der Waals surface area contributed by atoms with Crippen molar-refractivity contribution in [3.05, 3.63) is 67.0 Å². The Morgan fingerprint density at radius 2 is 1.65 bits per heavy atom. The summed E-state index contributed by atoms with van der Waals surface area (Å²) in [5, 5.41) is 7.56. The summed E-state index contributed by atoms with van der Waals surface area (Å²) in [6.07, 6.45) is 4.37. The van der Waals surface area contributed by atoms with Crippen LogP contribution in [0.15, 0.2) is 71.9 Å². The van der Waals surface area contributed by atoms with Gasteiger partial charge in [-0.3, -0.25) is 0 Å². The van der Waals surface area contributed by atoms with Crippen LogP contribution in [0.1, 0.15) is 19.3 Å². The molecule has 0 amide bonds. The third-order valence-corrected chi connectivity index (χ3v) is 7.31. The van der Waals surface area contributed by atoms with E-state index in [1.807, 2.05) is 36.4 Å². The molecule has 4 aromatic rings. The van der Waals surface area contributed by atoms with E-state index in [9.17, 15) is 8.42 Å². The topological polar surface area (TPSA) is 92.5 Å². The van der Waals surface area contributed by atoms with Crippen LogP contribution in [0.3, 0.4) is 0 Å². The fourth-order valence-electron chi connectivity index (χ4n) is 3.77. The Kier molecular flexibility index (Phi) is 5.13. The van der Waals surface area contributed by atoms with Crippen LogP contribution in [0.2, 0.25) is 0 Å². The maximum Gasteiger partial charge on any atom is 0.254 e. The molecule has 1 N–H and O–H groups in total. The second-order valence-corrected chi connectivity index (χ2v) is 9.42. The first-order chi connectivity index (χ1) is 15.1. The number of fused-ring (bicyclic) bond motifs is 1. The van der Waals surface area contributed by atoms with Gasteiger partial charge in [0.2, 0.25) is 10.0 Å². The minimum atomic E-state index is -3.45. The Morgan fingerprint density at radius 3 is 2.39 bits per heavy atom. The second kappa shape index (κ2) is 8.09. The fourth-order valence-corrected chi connectivity index (χ4v) is 5.29. The van der Waals surface area contributed by atoms with E-state index in [0.29, 0.717) is 29.6 Å². The van der Waals surface area contributed by atoms with Crippen molar-refractivity contribution < 1.29 is 8.42 Å². The molecule has 2 aromatic carbocycles. The highest BCUT2D eigenvalue weighted by molar-refractivity contribution is 7.89. The molecule has 0 saturated carbocycles. The van der Waals surface area contributed by atoms with E-state index < -0.39 is 10.0 Å². The Balaban J connectivity index is 1.44. The average molecular weight is 435 g/mol. The van der Waals surface area contributed by atoms with Crippen molar-refractivity contribution in [3.8, 4) is 11.3 Å². The van der Waals surface area contributed by atoms with Crippen LogP contribution < -0.4 is 5.32 Å². The molecule has 2 aromatic heterocycles. The quantitative estimate of drug-likeness (QED) is 0.515. The summed E-state index contributed by atoms with van der Waals surface area (Å²) in [5.74, 6) is 1.17. The minimum Gasteiger partial charge on any atom is -0.340 e. The lowest BCUT2D eigenvalue weighted by Crippen LogP contribution is -2.35. The smallest absolute Gasteiger partial charge is 0.254 e. The highest BCUT2D eigenvalue weighted by Gasteiger charge is 2.25. The molecule has 158 valence electrons. The van der Waals surface area contributed by atoms with Gasteiger partial charge in [0.15, 0.2) is 0 Å². The zero-order valence-corrected chi connectivity index (χ0v) is 17.7. The van der Waals surface area contributed by atoms with E-state index >= 15 is 0 Å². The molecular formula is C22H22N6O2S. The maximum absolute atomic E-state index is 12.9. The van der Waals surface area contributed by atoms with E-state index in [0.717, 1.165) is 36.2 Å². The van der Waals surface area contributed by atoms with Crippen molar-refractivity contribution in [2.45, 2.75) is 24.2 Å². The summed E-state index contributed by atoms with van der Waals surface area (Å²) >= 11 is 0. The van der Waals surface area contributed by atoms with Crippen molar-refractivity contribution in [3.63, 3.8) is 0 Å². The largest absolute Gasteiger partial charge is 0.340 e. The third-order valence-electron chi connectivity index (χ3n) is 5.40. The lowest BCUT2D eigenvalue weighted by atomic mass is 10.1. The number of anilines is 2. The standard InChI is InChI=1S/C22H22N6O2S/c29-31(30,27-13-5-2-6-14-27)19-11-9-18(10-12-19)25-21-15-20(17-7-3-1-4-8-17)26-22-23-16-24-28(21)22/h1,3-4,7-12,15-16,25H,2,5-6,13-14H2. The molecule has 9 heteroatoms. The Hall–Kier alpha value is -3.30. The molecule has 8 nitrogen and oxygen atoms in total. The third kappa shape index (κ3) is 3.89. The molecule has 0 aliphatic carbocycles. The van der Waals surface area contributed by atoms with Crippen LogP contribution in [0.25, 0.3) is 17.0 Å². The lowest BCUT2D eigenvalue weighted by molar-refractivity contribution is 0.346. The number of nitrogens with one attached hydrogen (secondary N) is 1. The molecule has 0 unspecified atom stereocenters. The molecule has 0 atom stereocenters. The van der Waals surface area contributed by atoms with Crippen LogP contribution in [0.5, 0.6) is 0 Å². The predicted molar refractivity (Wildman–Crippen MR) is 119 cm³/mol. The van der Waals surface area contributed by atoms with Gasteiger partial charge in [-0.15, -0.1) is 0 Å². The molecule has 0 bridgehead atoms. The molecule has 3 heterocycles. The Labute approximate surface area is 180 Å². The number of rotatable bonds is 5. The van der Waals surface area contributed by atoms with Gasteiger partial charge in [0.1, 0.15) is 12.1 Å². The monoisotopic (exact) mass is 434 g/mol. The number of hydrogen-bond donors (Lipinski definition) is 1. The normalized spacial score (nSPS) is 15.2. The highest BCUT2D eigenvalue weighted by atomic mass is 32.2. The first-order valence-corrected chi connectivity index (χ1v) is 11.7. The summed E-state index contributed by atoms with van der Waals surface area (Å²) < 4.78 is 28.9. The van der Waals surface area contributed by atoms with E-state index in [-0.39, 0.29) is 0 Å². The van der Waals surface area contributed by atoms with Gasteiger partial charge >= 0.3 is 0 Å². The Bertz CT molecular complexity index is 1300. The summed E-state index contributed by atoms with van der Waals surface area (Å²) in [5.41, 5.74) is 2.49. The molecule has 1 saturated heterocycles. The van der Waals surface area contributed by atoms with Gasteiger partial charge in [0.05, 0.1) is 10.6 Å². The van der Waals surface area contributed by atoms with Crippen molar-refractivity contribution >= 4 is 27.3 Å².